The van der Waals surface area contributed by atoms with Crippen LogP contribution < -0.4 is 5.32 Å². The Balaban J connectivity index is 1.47. The SMILES string of the molecule is CN(C)Cc1c(CC(=O)Nc2ccc(F)cc2)ccc2c(CCC3CCN(C(=O)O)CC3)noc12. The zero-order valence-corrected chi connectivity index (χ0v) is 20.1. The lowest BCUT2D eigenvalue weighted by Gasteiger charge is -2.29. The fourth-order valence-corrected chi connectivity index (χ4v) is 4.65. The molecule has 2 heterocycles. The predicted octanol–water partition coefficient (Wildman–Crippen LogP) is 4.53. The van der Waals surface area contributed by atoms with Crippen molar-refractivity contribution in [2.45, 2.75) is 38.6 Å². The molecule has 2 aromatic carbocycles. The zero-order chi connectivity index (χ0) is 24.9. The van der Waals surface area contributed by atoms with Crippen molar-refractivity contribution in [3.63, 3.8) is 0 Å². The normalized spacial score (nSPS) is 14.6. The third-order valence-corrected chi connectivity index (χ3v) is 6.54. The van der Waals surface area contributed by atoms with Crippen LogP contribution >= 0.6 is 0 Å². The van der Waals surface area contributed by atoms with Gasteiger partial charge >= 0.3 is 6.09 Å². The van der Waals surface area contributed by atoms with Gasteiger partial charge in [0.25, 0.3) is 0 Å². The molecule has 1 aliphatic rings. The van der Waals surface area contributed by atoms with Gasteiger partial charge in [0.05, 0.1) is 12.1 Å². The number of carboxylic acid groups (broad SMARTS) is 1. The fourth-order valence-electron chi connectivity index (χ4n) is 4.65. The molecule has 2 amide bonds. The molecule has 1 aromatic heterocycles. The second-order valence-corrected chi connectivity index (χ2v) is 9.43. The highest BCUT2D eigenvalue weighted by Crippen LogP contribution is 2.30. The van der Waals surface area contributed by atoms with E-state index in [4.69, 9.17) is 9.63 Å². The number of nitrogens with zero attached hydrogens (tertiary/aromatic N) is 3. The molecular weight excluding hydrogens is 451 g/mol. The number of hydrogen-bond donors (Lipinski definition) is 2. The van der Waals surface area contributed by atoms with E-state index in [9.17, 15) is 14.0 Å². The predicted molar refractivity (Wildman–Crippen MR) is 131 cm³/mol. The van der Waals surface area contributed by atoms with E-state index in [1.54, 1.807) is 0 Å². The third-order valence-electron chi connectivity index (χ3n) is 6.54. The third kappa shape index (κ3) is 6.16. The van der Waals surface area contributed by atoms with Crippen molar-refractivity contribution in [3.05, 3.63) is 59.0 Å². The van der Waals surface area contributed by atoms with Gasteiger partial charge in [0.1, 0.15) is 5.82 Å². The lowest BCUT2D eigenvalue weighted by Crippen LogP contribution is -2.37. The number of nitrogens with one attached hydrogen (secondary N) is 1. The molecule has 1 saturated heterocycles. The summed E-state index contributed by atoms with van der Waals surface area (Å²) in [4.78, 5) is 27.3. The molecule has 0 saturated carbocycles. The Kier molecular flexibility index (Phi) is 7.65. The summed E-state index contributed by atoms with van der Waals surface area (Å²) in [6, 6.07) is 9.61. The quantitative estimate of drug-likeness (QED) is 0.489. The smallest absolute Gasteiger partial charge is 0.407 e. The van der Waals surface area contributed by atoms with Crippen LogP contribution in [0.1, 0.15) is 36.1 Å². The molecule has 0 unspecified atom stereocenters. The first-order valence-electron chi connectivity index (χ1n) is 11.9. The van der Waals surface area contributed by atoms with Gasteiger partial charge in [-0.05, 0) is 81.6 Å². The summed E-state index contributed by atoms with van der Waals surface area (Å²) in [6.07, 6.45) is 2.73. The van der Waals surface area contributed by atoms with Gasteiger partial charge in [-0.3, -0.25) is 4.79 Å². The second kappa shape index (κ2) is 10.9. The maximum atomic E-state index is 13.1. The number of hydrogen-bond acceptors (Lipinski definition) is 5. The monoisotopic (exact) mass is 482 g/mol. The van der Waals surface area contributed by atoms with E-state index < -0.39 is 6.09 Å². The van der Waals surface area contributed by atoms with Crippen LogP contribution in [-0.2, 0) is 24.2 Å². The number of piperidine rings is 1. The summed E-state index contributed by atoms with van der Waals surface area (Å²) in [7, 11) is 3.92. The number of fused-ring (bicyclic) bond motifs is 1. The highest BCUT2D eigenvalue weighted by Gasteiger charge is 2.23. The van der Waals surface area contributed by atoms with Gasteiger partial charge in [0, 0.05) is 36.3 Å². The first kappa shape index (κ1) is 24.7. The molecule has 0 bridgehead atoms. The average Bonchev–Trinajstić information content (AvgIpc) is 3.24. The van der Waals surface area contributed by atoms with Crippen molar-refractivity contribution < 1.29 is 23.6 Å². The van der Waals surface area contributed by atoms with E-state index in [0.29, 0.717) is 36.8 Å². The molecule has 186 valence electrons. The van der Waals surface area contributed by atoms with Crippen molar-refractivity contribution in [1.29, 1.82) is 0 Å². The first-order valence-corrected chi connectivity index (χ1v) is 11.9. The zero-order valence-electron chi connectivity index (χ0n) is 20.1. The molecule has 0 radical (unpaired) electrons. The number of benzene rings is 2. The number of amides is 2. The van der Waals surface area contributed by atoms with Crippen LogP contribution in [0.4, 0.5) is 14.9 Å². The van der Waals surface area contributed by atoms with Crippen LogP contribution in [0.2, 0.25) is 0 Å². The minimum Gasteiger partial charge on any atom is -0.465 e. The molecule has 2 N–H and O–H groups in total. The van der Waals surface area contributed by atoms with E-state index in [2.05, 4.69) is 10.5 Å². The van der Waals surface area contributed by atoms with E-state index in [0.717, 1.165) is 47.9 Å². The fraction of sp³-hybridized carbons (Fsp3) is 0.423. The standard InChI is InChI=1S/C26H31FN4O4/c1-30(2)16-22-18(15-24(32)28-20-7-5-19(27)6-8-20)4-9-21-23(29-35-25(21)22)10-3-17-11-13-31(14-12-17)26(33)34/h4-9,17H,3,10-16H2,1-2H3,(H,28,32)(H,33,34). The average molecular weight is 483 g/mol. The number of anilines is 1. The van der Waals surface area contributed by atoms with Gasteiger partial charge in [0.2, 0.25) is 5.91 Å². The number of aromatic nitrogens is 1. The molecule has 0 spiro atoms. The number of carbonyl (C=O) groups is 2. The van der Waals surface area contributed by atoms with Gasteiger partial charge in [-0.15, -0.1) is 0 Å². The minimum absolute atomic E-state index is 0.161. The maximum absolute atomic E-state index is 13.1. The van der Waals surface area contributed by atoms with Crippen molar-refractivity contribution in [2.24, 2.45) is 5.92 Å². The topological polar surface area (TPSA) is 98.9 Å². The van der Waals surface area contributed by atoms with Crippen molar-refractivity contribution in [2.75, 3.05) is 32.5 Å². The lowest BCUT2D eigenvalue weighted by molar-refractivity contribution is -0.115. The molecule has 35 heavy (non-hydrogen) atoms. The van der Waals surface area contributed by atoms with Gasteiger partial charge in [-0.25, -0.2) is 9.18 Å². The van der Waals surface area contributed by atoms with E-state index in [-0.39, 0.29) is 18.1 Å². The molecule has 0 aliphatic carbocycles. The Morgan fingerprint density at radius 2 is 1.89 bits per heavy atom. The van der Waals surface area contributed by atoms with Crippen molar-refractivity contribution >= 4 is 28.7 Å². The summed E-state index contributed by atoms with van der Waals surface area (Å²) in [5, 5.41) is 17.3. The number of carbonyl (C=O) groups excluding carboxylic acids is 1. The summed E-state index contributed by atoms with van der Waals surface area (Å²) in [5.74, 6) is -0.0787. The van der Waals surface area contributed by atoms with Crippen molar-refractivity contribution in [1.82, 2.24) is 15.0 Å². The Hall–Kier alpha value is -3.46. The highest BCUT2D eigenvalue weighted by molar-refractivity contribution is 5.93. The summed E-state index contributed by atoms with van der Waals surface area (Å²) >= 11 is 0. The molecular formula is C26H31FN4O4. The lowest BCUT2D eigenvalue weighted by atomic mass is 9.91. The Bertz CT molecular complexity index is 1180. The molecule has 4 rings (SSSR count). The van der Waals surface area contributed by atoms with E-state index in [1.165, 1.54) is 29.2 Å². The van der Waals surface area contributed by atoms with Crippen LogP contribution in [0.5, 0.6) is 0 Å². The number of likely N-dealkylation sites (tertiary alicyclic amines) is 1. The first-order chi connectivity index (χ1) is 16.8. The molecule has 1 aliphatic heterocycles. The van der Waals surface area contributed by atoms with Crippen LogP contribution in [0.3, 0.4) is 0 Å². The number of aryl methyl sites for hydroxylation is 1. The summed E-state index contributed by atoms with van der Waals surface area (Å²) in [6.45, 7) is 1.75. The molecule has 3 aromatic rings. The Labute approximate surface area is 203 Å². The van der Waals surface area contributed by atoms with Crippen LogP contribution in [0, 0.1) is 11.7 Å². The van der Waals surface area contributed by atoms with Gasteiger partial charge in [-0.2, -0.15) is 0 Å². The largest absolute Gasteiger partial charge is 0.465 e. The highest BCUT2D eigenvalue weighted by atomic mass is 19.1. The van der Waals surface area contributed by atoms with Gasteiger partial charge in [0.15, 0.2) is 5.58 Å². The summed E-state index contributed by atoms with van der Waals surface area (Å²) in [5.41, 5.74) is 3.91. The van der Waals surface area contributed by atoms with E-state index >= 15 is 0 Å². The van der Waals surface area contributed by atoms with Gasteiger partial charge < -0.3 is 24.7 Å². The summed E-state index contributed by atoms with van der Waals surface area (Å²) < 4.78 is 18.9. The molecule has 9 heteroatoms. The van der Waals surface area contributed by atoms with Crippen LogP contribution in [0.15, 0.2) is 40.9 Å². The molecule has 8 nitrogen and oxygen atoms in total. The van der Waals surface area contributed by atoms with Crippen LogP contribution in [-0.4, -0.2) is 59.2 Å². The van der Waals surface area contributed by atoms with Gasteiger partial charge in [-0.1, -0.05) is 11.2 Å². The molecule has 0 atom stereocenters. The van der Waals surface area contributed by atoms with Crippen molar-refractivity contribution in [3.8, 4) is 0 Å². The maximum Gasteiger partial charge on any atom is 0.407 e. The van der Waals surface area contributed by atoms with E-state index in [1.807, 2.05) is 31.1 Å². The second-order valence-electron chi connectivity index (χ2n) is 9.43. The minimum atomic E-state index is -0.846. The Morgan fingerprint density at radius 1 is 1.17 bits per heavy atom. The van der Waals surface area contributed by atoms with Crippen LogP contribution in [0.25, 0.3) is 11.0 Å². The number of rotatable bonds is 8. The number of halogens is 1. The Morgan fingerprint density at radius 3 is 2.54 bits per heavy atom. The molecule has 1 fully saturated rings.